The topological polar surface area (TPSA) is 66.6 Å². The maximum absolute atomic E-state index is 14.0. The van der Waals surface area contributed by atoms with E-state index in [1.54, 1.807) is 21.5 Å². The second kappa shape index (κ2) is 7.44. The number of halogens is 2. The van der Waals surface area contributed by atoms with E-state index in [0.717, 1.165) is 11.4 Å². The fraction of sp³-hybridized carbons (Fsp3) is 0.368. The lowest BCUT2D eigenvalue weighted by Crippen LogP contribution is -2.48. The Balaban J connectivity index is 1.44. The van der Waals surface area contributed by atoms with E-state index >= 15 is 0 Å². The Bertz CT molecular complexity index is 1020. The molecule has 0 bridgehead atoms. The molecule has 1 aliphatic heterocycles. The van der Waals surface area contributed by atoms with Gasteiger partial charge in [-0.15, -0.1) is 5.10 Å². The van der Waals surface area contributed by atoms with Crippen LogP contribution in [0.4, 0.5) is 4.39 Å². The van der Waals surface area contributed by atoms with E-state index in [9.17, 15) is 9.18 Å². The van der Waals surface area contributed by atoms with E-state index < -0.39 is 0 Å². The van der Waals surface area contributed by atoms with Crippen LogP contribution in [-0.2, 0) is 6.54 Å². The Morgan fingerprint density at radius 3 is 2.64 bits per heavy atom. The number of aromatic nitrogens is 4. The third-order valence-corrected chi connectivity index (χ3v) is 5.27. The molecule has 1 amide bonds. The van der Waals surface area contributed by atoms with Gasteiger partial charge in [-0.05, 0) is 32.0 Å². The minimum atomic E-state index is -0.307. The fourth-order valence-corrected chi connectivity index (χ4v) is 3.64. The van der Waals surface area contributed by atoms with Crippen LogP contribution in [0.3, 0.4) is 0 Å². The van der Waals surface area contributed by atoms with E-state index in [1.807, 2.05) is 19.9 Å². The van der Waals surface area contributed by atoms with Gasteiger partial charge >= 0.3 is 0 Å². The molecule has 1 aromatic carbocycles. The summed E-state index contributed by atoms with van der Waals surface area (Å²) in [5.41, 5.74) is 2.19. The average Bonchev–Trinajstić information content (AvgIpc) is 3.09. The molecule has 1 aliphatic rings. The van der Waals surface area contributed by atoms with Crippen molar-refractivity contribution in [3.05, 3.63) is 57.9 Å². The quantitative estimate of drug-likeness (QED) is 0.673. The zero-order valence-electron chi connectivity index (χ0n) is 15.7. The molecule has 146 valence electrons. The van der Waals surface area contributed by atoms with Crippen LogP contribution in [0.5, 0.6) is 0 Å². The Morgan fingerprint density at radius 2 is 1.93 bits per heavy atom. The van der Waals surface area contributed by atoms with Crippen LogP contribution in [-0.4, -0.2) is 61.5 Å². The first kappa shape index (κ1) is 18.8. The normalized spacial score (nSPS) is 15.4. The molecule has 0 atom stereocenters. The number of hydrogen-bond acceptors (Lipinski definition) is 5. The van der Waals surface area contributed by atoms with Gasteiger partial charge < -0.3 is 4.90 Å². The van der Waals surface area contributed by atoms with Gasteiger partial charge in [-0.2, -0.15) is 4.98 Å². The highest BCUT2D eigenvalue weighted by molar-refractivity contribution is 6.31. The minimum absolute atomic E-state index is 0.145. The average molecular weight is 403 g/mol. The highest BCUT2D eigenvalue weighted by atomic mass is 35.5. The van der Waals surface area contributed by atoms with Crippen LogP contribution in [0, 0.1) is 19.7 Å². The highest BCUT2D eigenvalue weighted by Gasteiger charge is 2.26. The summed E-state index contributed by atoms with van der Waals surface area (Å²) in [5.74, 6) is 0.0460. The number of aryl methyl sites for hydroxylation is 2. The molecule has 3 aromatic rings. The molecule has 0 spiro atoms. The van der Waals surface area contributed by atoms with Gasteiger partial charge in [0, 0.05) is 54.7 Å². The molecule has 9 heteroatoms. The monoisotopic (exact) mass is 402 g/mol. The molecule has 4 rings (SSSR count). The Kier molecular flexibility index (Phi) is 4.99. The van der Waals surface area contributed by atoms with Crippen molar-refractivity contribution in [2.45, 2.75) is 20.4 Å². The summed E-state index contributed by atoms with van der Waals surface area (Å²) in [6.07, 6.45) is 0. The van der Waals surface area contributed by atoms with Gasteiger partial charge in [0.05, 0.1) is 0 Å². The smallest absolute Gasteiger partial charge is 0.293 e. The highest BCUT2D eigenvalue weighted by Crippen LogP contribution is 2.21. The van der Waals surface area contributed by atoms with Crippen molar-refractivity contribution in [2.24, 2.45) is 0 Å². The molecular weight excluding hydrogens is 383 g/mol. The molecule has 0 N–H and O–H groups in total. The van der Waals surface area contributed by atoms with Crippen molar-refractivity contribution < 1.29 is 9.18 Å². The summed E-state index contributed by atoms with van der Waals surface area (Å²) in [5, 5.41) is 4.73. The maximum atomic E-state index is 14.0. The zero-order chi connectivity index (χ0) is 19.8. The number of hydrogen-bond donors (Lipinski definition) is 0. The molecule has 0 aliphatic carbocycles. The lowest BCUT2D eigenvalue weighted by molar-refractivity contribution is 0.0615. The maximum Gasteiger partial charge on any atom is 0.293 e. The molecule has 3 heterocycles. The van der Waals surface area contributed by atoms with E-state index in [2.05, 4.69) is 20.0 Å². The van der Waals surface area contributed by atoms with Crippen molar-refractivity contribution in [1.82, 2.24) is 29.4 Å². The molecular formula is C19H20ClFN6O. The van der Waals surface area contributed by atoms with Crippen LogP contribution >= 0.6 is 11.6 Å². The molecule has 0 radical (unpaired) electrons. The first-order valence-corrected chi connectivity index (χ1v) is 9.45. The summed E-state index contributed by atoms with van der Waals surface area (Å²) in [7, 11) is 0. The predicted molar refractivity (Wildman–Crippen MR) is 103 cm³/mol. The predicted octanol–water partition coefficient (Wildman–Crippen LogP) is 2.49. The SMILES string of the molecule is Cc1cc(C)n2nc(C(=O)N3CCN(Cc4c(F)cccc4Cl)CC3)nc2n1. The second-order valence-corrected chi connectivity index (χ2v) is 7.36. The van der Waals surface area contributed by atoms with E-state index in [-0.39, 0.29) is 17.5 Å². The summed E-state index contributed by atoms with van der Waals surface area (Å²) in [4.78, 5) is 25.2. The number of rotatable bonds is 3. The first-order chi connectivity index (χ1) is 13.4. The number of fused-ring (bicyclic) bond motifs is 1. The molecule has 1 fully saturated rings. The summed E-state index contributed by atoms with van der Waals surface area (Å²) < 4.78 is 15.6. The zero-order valence-corrected chi connectivity index (χ0v) is 16.4. The van der Waals surface area contributed by atoms with Gasteiger partial charge in [0.15, 0.2) is 0 Å². The van der Waals surface area contributed by atoms with Crippen molar-refractivity contribution in [3.8, 4) is 0 Å². The number of amides is 1. The van der Waals surface area contributed by atoms with Crippen LogP contribution in [0.15, 0.2) is 24.3 Å². The van der Waals surface area contributed by atoms with Gasteiger partial charge in [0.1, 0.15) is 5.82 Å². The van der Waals surface area contributed by atoms with Gasteiger partial charge in [-0.25, -0.2) is 13.9 Å². The standard InChI is InChI=1S/C19H20ClFN6O/c1-12-10-13(2)27-19(22-12)23-17(24-27)18(28)26-8-6-25(7-9-26)11-14-15(20)4-3-5-16(14)21/h3-5,10H,6-9,11H2,1-2H3. The number of carbonyl (C=O) groups excluding carboxylic acids is 1. The molecule has 1 saturated heterocycles. The summed E-state index contributed by atoms with van der Waals surface area (Å²) in [6, 6.07) is 6.58. The largest absolute Gasteiger partial charge is 0.333 e. The Morgan fingerprint density at radius 1 is 1.18 bits per heavy atom. The van der Waals surface area contributed by atoms with E-state index in [0.29, 0.717) is 49.1 Å². The van der Waals surface area contributed by atoms with E-state index in [4.69, 9.17) is 11.6 Å². The van der Waals surface area contributed by atoms with E-state index in [1.165, 1.54) is 6.07 Å². The van der Waals surface area contributed by atoms with Gasteiger partial charge in [0.25, 0.3) is 11.7 Å². The fourth-order valence-electron chi connectivity index (χ4n) is 3.41. The number of piperazine rings is 1. The first-order valence-electron chi connectivity index (χ1n) is 9.08. The molecule has 0 unspecified atom stereocenters. The third kappa shape index (κ3) is 3.57. The second-order valence-electron chi connectivity index (χ2n) is 6.95. The molecule has 7 nitrogen and oxygen atoms in total. The van der Waals surface area contributed by atoms with Crippen LogP contribution in [0.1, 0.15) is 27.6 Å². The van der Waals surface area contributed by atoms with Crippen LogP contribution < -0.4 is 0 Å². The van der Waals surface area contributed by atoms with Crippen LogP contribution in [0.25, 0.3) is 5.78 Å². The van der Waals surface area contributed by atoms with Crippen molar-refractivity contribution in [2.75, 3.05) is 26.2 Å². The lowest BCUT2D eigenvalue weighted by atomic mass is 10.2. The number of carbonyl (C=O) groups is 1. The minimum Gasteiger partial charge on any atom is -0.333 e. The number of benzene rings is 1. The van der Waals surface area contributed by atoms with Crippen molar-refractivity contribution in [3.63, 3.8) is 0 Å². The molecule has 0 saturated carbocycles. The van der Waals surface area contributed by atoms with Gasteiger partial charge in [-0.1, -0.05) is 17.7 Å². The van der Waals surface area contributed by atoms with Crippen LogP contribution in [0.2, 0.25) is 5.02 Å². The van der Waals surface area contributed by atoms with Crippen molar-refractivity contribution >= 4 is 23.3 Å². The Labute approximate surface area is 166 Å². The molecule has 2 aromatic heterocycles. The Hall–Kier alpha value is -2.58. The summed E-state index contributed by atoms with van der Waals surface area (Å²) >= 11 is 6.11. The lowest BCUT2D eigenvalue weighted by Gasteiger charge is -2.34. The summed E-state index contributed by atoms with van der Waals surface area (Å²) in [6.45, 7) is 6.49. The van der Waals surface area contributed by atoms with Gasteiger partial charge in [0.2, 0.25) is 5.82 Å². The van der Waals surface area contributed by atoms with Crippen molar-refractivity contribution in [1.29, 1.82) is 0 Å². The number of nitrogens with zero attached hydrogens (tertiary/aromatic N) is 6. The van der Waals surface area contributed by atoms with Gasteiger partial charge in [-0.3, -0.25) is 9.69 Å². The third-order valence-electron chi connectivity index (χ3n) is 4.91. The molecule has 28 heavy (non-hydrogen) atoms.